The lowest BCUT2D eigenvalue weighted by Crippen LogP contribution is -2.08. The molecule has 0 aliphatic rings. The molecule has 0 saturated heterocycles. The first-order valence-electron chi connectivity index (χ1n) is 6.06. The van der Waals surface area contributed by atoms with Crippen molar-refractivity contribution in [3.05, 3.63) is 68.1 Å². The van der Waals surface area contributed by atoms with E-state index >= 15 is 0 Å². The highest BCUT2D eigenvalue weighted by Crippen LogP contribution is 2.33. The summed E-state index contributed by atoms with van der Waals surface area (Å²) < 4.78 is 39.5. The molecule has 1 nitrogen and oxygen atoms in total. The Morgan fingerprint density at radius 3 is 2.38 bits per heavy atom. The van der Waals surface area contributed by atoms with Crippen molar-refractivity contribution < 1.29 is 18.3 Å². The van der Waals surface area contributed by atoms with Crippen LogP contribution in [0.25, 0.3) is 0 Å². The molecule has 112 valence electrons. The lowest BCUT2D eigenvalue weighted by atomic mass is 10.00. The van der Waals surface area contributed by atoms with E-state index < -0.39 is 17.8 Å². The lowest BCUT2D eigenvalue weighted by molar-refractivity contribution is -0.137. The fraction of sp³-hybridized carbons (Fsp3) is 0.200. The van der Waals surface area contributed by atoms with Gasteiger partial charge in [-0.15, -0.1) is 0 Å². The minimum absolute atomic E-state index is 0.0982. The van der Waals surface area contributed by atoms with Crippen LogP contribution in [0.2, 0.25) is 0 Å². The largest absolute Gasteiger partial charge is 0.416 e. The standard InChI is InChI=1S/C15H11Br2F3O/c16-12-3-1-2-9(7-12)14(21)8-10-6-11(15(18,19)20)4-5-13(10)17/h1-7,14,21H,8H2. The molecule has 0 aromatic heterocycles. The molecule has 2 rings (SSSR count). The Balaban J connectivity index is 2.26. The van der Waals surface area contributed by atoms with Crippen LogP contribution in [0.3, 0.4) is 0 Å². The lowest BCUT2D eigenvalue weighted by Gasteiger charge is -2.15. The van der Waals surface area contributed by atoms with E-state index in [1.54, 1.807) is 18.2 Å². The fourth-order valence-corrected chi connectivity index (χ4v) is 2.77. The highest BCUT2D eigenvalue weighted by atomic mass is 79.9. The van der Waals surface area contributed by atoms with E-state index in [9.17, 15) is 18.3 Å². The monoisotopic (exact) mass is 422 g/mol. The van der Waals surface area contributed by atoms with Crippen molar-refractivity contribution in [3.63, 3.8) is 0 Å². The zero-order valence-corrected chi connectivity index (χ0v) is 13.8. The Labute approximate surface area is 137 Å². The first-order valence-corrected chi connectivity index (χ1v) is 7.65. The number of hydrogen-bond donors (Lipinski definition) is 1. The maximum atomic E-state index is 12.7. The van der Waals surface area contributed by atoms with E-state index in [1.165, 1.54) is 6.07 Å². The summed E-state index contributed by atoms with van der Waals surface area (Å²) in [7, 11) is 0. The van der Waals surface area contributed by atoms with Crippen LogP contribution >= 0.6 is 31.9 Å². The normalized spacial score (nSPS) is 13.2. The Morgan fingerprint density at radius 2 is 1.76 bits per heavy atom. The molecule has 1 N–H and O–H groups in total. The van der Waals surface area contributed by atoms with Gasteiger partial charge in [0.15, 0.2) is 0 Å². The first kappa shape index (κ1) is 16.5. The van der Waals surface area contributed by atoms with Crippen LogP contribution in [0.15, 0.2) is 51.4 Å². The van der Waals surface area contributed by atoms with Gasteiger partial charge in [-0.2, -0.15) is 13.2 Å². The Morgan fingerprint density at radius 1 is 1.05 bits per heavy atom. The van der Waals surface area contributed by atoms with Crippen molar-refractivity contribution in [2.24, 2.45) is 0 Å². The maximum Gasteiger partial charge on any atom is 0.416 e. The molecule has 0 fully saturated rings. The quantitative estimate of drug-likeness (QED) is 0.690. The predicted octanol–water partition coefficient (Wildman–Crippen LogP) is 5.51. The van der Waals surface area contributed by atoms with Crippen molar-refractivity contribution >= 4 is 31.9 Å². The van der Waals surface area contributed by atoms with Gasteiger partial charge < -0.3 is 5.11 Å². The predicted molar refractivity (Wildman–Crippen MR) is 81.9 cm³/mol. The smallest absolute Gasteiger partial charge is 0.388 e. The second-order valence-corrected chi connectivity index (χ2v) is 6.35. The number of aliphatic hydroxyl groups is 1. The number of aliphatic hydroxyl groups excluding tert-OH is 1. The van der Waals surface area contributed by atoms with Crippen LogP contribution in [0.4, 0.5) is 13.2 Å². The number of benzene rings is 2. The van der Waals surface area contributed by atoms with Gasteiger partial charge in [0, 0.05) is 15.4 Å². The van der Waals surface area contributed by atoms with Crippen molar-refractivity contribution in [1.29, 1.82) is 0 Å². The average molecular weight is 424 g/mol. The zero-order valence-electron chi connectivity index (χ0n) is 10.7. The Bertz CT molecular complexity index is 641. The van der Waals surface area contributed by atoms with Crippen LogP contribution in [0, 0.1) is 0 Å². The Kier molecular flexibility index (Phi) is 5.11. The molecular weight excluding hydrogens is 413 g/mol. The minimum atomic E-state index is -4.39. The fourth-order valence-electron chi connectivity index (χ4n) is 1.95. The van der Waals surface area contributed by atoms with Gasteiger partial charge in [-0.1, -0.05) is 44.0 Å². The molecule has 0 amide bonds. The van der Waals surface area contributed by atoms with Crippen molar-refractivity contribution in [3.8, 4) is 0 Å². The summed E-state index contributed by atoms with van der Waals surface area (Å²) in [4.78, 5) is 0. The van der Waals surface area contributed by atoms with Crippen molar-refractivity contribution in [1.82, 2.24) is 0 Å². The van der Waals surface area contributed by atoms with E-state index in [0.29, 0.717) is 15.6 Å². The maximum absolute atomic E-state index is 12.7. The first-order chi connectivity index (χ1) is 9.77. The van der Waals surface area contributed by atoms with Crippen LogP contribution in [-0.4, -0.2) is 5.11 Å². The molecule has 0 heterocycles. The van der Waals surface area contributed by atoms with Crippen molar-refractivity contribution in [2.45, 2.75) is 18.7 Å². The summed E-state index contributed by atoms with van der Waals surface area (Å²) in [5, 5.41) is 10.2. The third-order valence-electron chi connectivity index (χ3n) is 3.02. The number of halogens is 5. The molecule has 0 radical (unpaired) electrons. The van der Waals surface area contributed by atoms with E-state index in [-0.39, 0.29) is 6.42 Å². The van der Waals surface area contributed by atoms with Gasteiger partial charge in [0.1, 0.15) is 0 Å². The summed E-state index contributed by atoms with van der Waals surface area (Å²) in [5.74, 6) is 0. The summed E-state index contributed by atoms with van der Waals surface area (Å²) in [5.41, 5.74) is 0.341. The Hall–Kier alpha value is -0.850. The molecule has 21 heavy (non-hydrogen) atoms. The SMILES string of the molecule is OC(Cc1cc(C(F)(F)F)ccc1Br)c1cccc(Br)c1. The van der Waals surface area contributed by atoms with Crippen LogP contribution in [-0.2, 0) is 12.6 Å². The summed E-state index contributed by atoms with van der Waals surface area (Å²) in [6.45, 7) is 0. The molecule has 0 bridgehead atoms. The number of alkyl halides is 3. The second-order valence-electron chi connectivity index (χ2n) is 4.58. The van der Waals surface area contributed by atoms with Gasteiger partial charge in [0.25, 0.3) is 0 Å². The van der Waals surface area contributed by atoms with Gasteiger partial charge in [-0.3, -0.25) is 0 Å². The molecule has 2 aromatic rings. The molecule has 0 saturated carbocycles. The van der Waals surface area contributed by atoms with Crippen LogP contribution < -0.4 is 0 Å². The van der Waals surface area contributed by atoms with Gasteiger partial charge in [-0.05, 0) is 41.5 Å². The minimum Gasteiger partial charge on any atom is -0.388 e. The summed E-state index contributed by atoms with van der Waals surface area (Å²) >= 11 is 6.52. The highest BCUT2D eigenvalue weighted by Gasteiger charge is 2.31. The molecule has 1 unspecified atom stereocenters. The van der Waals surface area contributed by atoms with Crippen molar-refractivity contribution in [2.75, 3.05) is 0 Å². The van der Waals surface area contributed by atoms with E-state index in [4.69, 9.17) is 0 Å². The van der Waals surface area contributed by atoms with Gasteiger partial charge in [-0.25, -0.2) is 0 Å². The summed E-state index contributed by atoms with van der Waals surface area (Å²) in [6, 6.07) is 10.5. The van der Waals surface area contributed by atoms with Crippen LogP contribution in [0.1, 0.15) is 22.8 Å². The zero-order chi connectivity index (χ0) is 15.6. The third kappa shape index (κ3) is 4.31. The van der Waals surface area contributed by atoms with E-state index in [2.05, 4.69) is 31.9 Å². The summed E-state index contributed by atoms with van der Waals surface area (Å²) in [6.07, 6.45) is -5.17. The molecule has 0 aliphatic heterocycles. The molecular formula is C15H11Br2F3O. The molecule has 6 heteroatoms. The van der Waals surface area contributed by atoms with Gasteiger partial charge in [0.2, 0.25) is 0 Å². The molecule has 2 aromatic carbocycles. The highest BCUT2D eigenvalue weighted by molar-refractivity contribution is 9.10. The van der Waals surface area contributed by atoms with E-state index in [1.807, 2.05) is 6.07 Å². The number of hydrogen-bond acceptors (Lipinski definition) is 1. The third-order valence-corrected chi connectivity index (χ3v) is 4.29. The number of rotatable bonds is 3. The second kappa shape index (κ2) is 6.50. The van der Waals surface area contributed by atoms with Gasteiger partial charge in [0.05, 0.1) is 11.7 Å². The molecule has 0 spiro atoms. The molecule has 1 atom stereocenters. The molecule has 0 aliphatic carbocycles. The van der Waals surface area contributed by atoms with Gasteiger partial charge >= 0.3 is 6.18 Å². The average Bonchev–Trinajstić information content (AvgIpc) is 2.40. The topological polar surface area (TPSA) is 20.2 Å². The van der Waals surface area contributed by atoms with E-state index in [0.717, 1.165) is 16.6 Å². The van der Waals surface area contributed by atoms with Crippen LogP contribution in [0.5, 0.6) is 0 Å².